The molecule has 3 aromatic carbocycles. The molecule has 6 nitrogen and oxygen atoms in total. The van der Waals surface area contributed by atoms with Gasteiger partial charge in [-0.05, 0) is 73.0 Å². The first-order chi connectivity index (χ1) is 14.5. The Labute approximate surface area is 179 Å². The van der Waals surface area contributed by atoms with E-state index in [1.807, 2.05) is 50.2 Å². The summed E-state index contributed by atoms with van der Waals surface area (Å²) in [5, 5.41) is 11.4. The molecule has 0 aromatic heterocycles. The molecular weight excluding hydrogens is 404 g/mol. The summed E-state index contributed by atoms with van der Waals surface area (Å²) in [7, 11) is 0. The molecule has 3 aromatic rings. The van der Waals surface area contributed by atoms with Crippen molar-refractivity contribution in [2.45, 2.75) is 20.5 Å². The van der Waals surface area contributed by atoms with Crippen LogP contribution < -0.4 is 9.47 Å². The highest BCUT2D eigenvalue weighted by Gasteiger charge is 2.08. The van der Waals surface area contributed by atoms with Crippen LogP contribution in [0.3, 0.4) is 0 Å². The van der Waals surface area contributed by atoms with E-state index in [1.165, 1.54) is 12.1 Å². The number of halogens is 1. The number of rotatable bonds is 8. The van der Waals surface area contributed by atoms with Crippen LogP contribution in [0.25, 0.3) is 0 Å². The first-order valence-corrected chi connectivity index (χ1v) is 9.78. The van der Waals surface area contributed by atoms with E-state index in [0.29, 0.717) is 23.1 Å². The molecule has 0 unspecified atom stereocenters. The summed E-state index contributed by atoms with van der Waals surface area (Å²) in [6.07, 6.45) is 1.75. The third kappa shape index (κ3) is 5.36. The summed E-state index contributed by atoms with van der Waals surface area (Å²) >= 11 is 6.15. The lowest BCUT2D eigenvalue weighted by atomic mass is 10.2. The molecule has 0 radical (unpaired) electrons. The van der Waals surface area contributed by atoms with Crippen molar-refractivity contribution in [3.05, 3.63) is 92.5 Å². The van der Waals surface area contributed by atoms with E-state index in [0.717, 1.165) is 22.4 Å². The van der Waals surface area contributed by atoms with E-state index in [9.17, 15) is 10.1 Å². The summed E-state index contributed by atoms with van der Waals surface area (Å²) in [6, 6.07) is 17.4. The lowest BCUT2D eigenvalue weighted by Crippen LogP contribution is -2.00. The normalized spacial score (nSPS) is 10.9. The maximum absolute atomic E-state index is 10.8. The molecular formula is C23H21ClN2O4. The van der Waals surface area contributed by atoms with Gasteiger partial charge in [0.15, 0.2) is 11.5 Å². The van der Waals surface area contributed by atoms with E-state index < -0.39 is 4.92 Å². The predicted molar refractivity (Wildman–Crippen MR) is 118 cm³/mol. The molecule has 0 amide bonds. The van der Waals surface area contributed by atoms with Crippen molar-refractivity contribution in [3.63, 3.8) is 0 Å². The molecule has 0 aliphatic rings. The molecule has 0 saturated carbocycles. The molecule has 7 heteroatoms. The van der Waals surface area contributed by atoms with E-state index >= 15 is 0 Å². The Bertz CT molecular complexity index is 1070. The van der Waals surface area contributed by atoms with Crippen LogP contribution in [0, 0.1) is 17.0 Å². The van der Waals surface area contributed by atoms with Crippen LogP contribution >= 0.6 is 11.6 Å². The molecule has 0 bridgehead atoms. The zero-order valence-electron chi connectivity index (χ0n) is 16.7. The molecule has 3 rings (SSSR count). The van der Waals surface area contributed by atoms with Gasteiger partial charge >= 0.3 is 0 Å². The van der Waals surface area contributed by atoms with Crippen molar-refractivity contribution in [1.82, 2.24) is 0 Å². The van der Waals surface area contributed by atoms with Gasteiger partial charge in [-0.25, -0.2) is 0 Å². The number of nitro groups is 1. The number of non-ortho nitro benzene ring substituents is 1. The molecule has 0 heterocycles. The van der Waals surface area contributed by atoms with Gasteiger partial charge in [0.05, 0.1) is 17.2 Å². The largest absolute Gasteiger partial charge is 0.490 e. The summed E-state index contributed by atoms with van der Waals surface area (Å²) in [5.74, 6) is 1.19. The number of hydrogen-bond acceptors (Lipinski definition) is 5. The van der Waals surface area contributed by atoms with E-state index in [1.54, 1.807) is 18.3 Å². The van der Waals surface area contributed by atoms with Gasteiger partial charge in [0.1, 0.15) is 6.61 Å². The van der Waals surface area contributed by atoms with Crippen LogP contribution in [0.5, 0.6) is 11.5 Å². The highest BCUT2D eigenvalue weighted by molar-refractivity contribution is 6.31. The van der Waals surface area contributed by atoms with E-state index in [4.69, 9.17) is 21.1 Å². The molecule has 0 spiro atoms. The fraction of sp³-hybridized carbons (Fsp3) is 0.174. The van der Waals surface area contributed by atoms with E-state index in [-0.39, 0.29) is 12.3 Å². The Morgan fingerprint density at radius 2 is 1.83 bits per heavy atom. The van der Waals surface area contributed by atoms with Crippen molar-refractivity contribution in [3.8, 4) is 11.5 Å². The average Bonchev–Trinajstić information content (AvgIpc) is 2.74. The summed E-state index contributed by atoms with van der Waals surface area (Å²) in [4.78, 5) is 14.9. The van der Waals surface area contributed by atoms with Crippen molar-refractivity contribution in [1.29, 1.82) is 0 Å². The van der Waals surface area contributed by atoms with Crippen molar-refractivity contribution < 1.29 is 14.4 Å². The number of nitro benzene ring substituents is 1. The van der Waals surface area contributed by atoms with E-state index in [2.05, 4.69) is 4.99 Å². The topological polar surface area (TPSA) is 74.0 Å². The zero-order valence-corrected chi connectivity index (χ0v) is 17.4. The number of aliphatic imine (C=N–C) groups is 1. The first-order valence-electron chi connectivity index (χ1n) is 9.40. The Morgan fingerprint density at radius 1 is 1.07 bits per heavy atom. The third-order valence-electron chi connectivity index (χ3n) is 4.40. The number of ether oxygens (including phenoxy) is 2. The monoisotopic (exact) mass is 424 g/mol. The van der Waals surface area contributed by atoms with Gasteiger partial charge in [0.2, 0.25) is 0 Å². The maximum atomic E-state index is 10.8. The van der Waals surface area contributed by atoms with Gasteiger partial charge in [-0.15, -0.1) is 0 Å². The fourth-order valence-electron chi connectivity index (χ4n) is 2.75. The zero-order chi connectivity index (χ0) is 21.5. The second-order valence-corrected chi connectivity index (χ2v) is 6.90. The predicted octanol–water partition coefficient (Wildman–Crippen LogP) is 6.28. The van der Waals surface area contributed by atoms with Gasteiger partial charge < -0.3 is 9.47 Å². The third-order valence-corrected chi connectivity index (χ3v) is 4.81. The van der Waals surface area contributed by atoms with Gasteiger partial charge in [0.25, 0.3) is 5.69 Å². The summed E-state index contributed by atoms with van der Waals surface area (Å²) in [6.45, 7) is 4.58. The molecule has 30 heavy (non-hydrogen) atoms. The number of hydrogen-bond donors (Lipinski definition) is 0. The molecule has 0 aliphatic carbocycles. The van der Waals surface area contributed by atoms with Crippen LogP contribution in [-0.4, -0.2) is 17.7 Å². The maximum Gasteiger partial charge on any atom is 0.269 e. The van der Waals surface area contributed by atoms with Gasteiger partial charge in [-0.2, -0.15) is 0 Å². The summed E-state index contributed by atoms with van der Waals surface area (Å²) < 4.78 is 11.6. The van der Waals surface area contributed by atoms with Crippen molar-refractivity contribution in [2.75, 3.05) is 6.61 Å². The molecule has 0 aliphatic heterocycles. The van der Waals surface area contributed by atoms with Crippen LogP contribution in [0.1, 0.15) is 23.6 Å². The molecule has 154 valence electrons. The molecule has 0 saturated heterocycles. The Morgan fingerprint density at radius 3 is 2.53 bits per heavy atom. The van der Waals surface area contributed by atoms with Crippen molar-refractivity contribution >= 4 is 29.2 Å². The SMILES string of the molecule is CCOc1cc(C=Nc2cccc(Cl)c2C)ccc1OCc1ccc([N+](=O)[O-])cc1. The standard InChI is InChI=1S/C23H21ClN2O4/c1-3-29-23-13-18(14-25-21-6-4-5-20(24)16(21)2)9-12-22(23)30-15-17-7-10-19(11-8-17)26(27)28/h4-14H,3,15H2,1-2H3. The molecule has 0 N–H and O–H groups in total. The van der Waals surface area contributed by atoms with Crippen molar-refractivity contribution in [2.24, 2.45) is 4.99 Å². The molecule has 0 fully saturated rings. The lowest BCUT2D eigenvalue weighted by Gasteiger charge is -2.12. The van der Waals surface area contributed by atoms with Gasteiger partial charge in [0, 0.05) is 23.4 Å². The van der Waals surface area contributed by atoms with Crippen LogP contribution in [0.2, 0.25) is 5.02 Å². The first kappa shape index (κ1) is 21.3. The highest BCUT2D eigenvalue weighted by atomic mass is 35.5. The molecule has 0 atom stereocenters. The minimum atomic E-state index is -0.428. The summed E-state index contributed by atoms with van der Waals surface area (Å²) in [5.41, 5.74) is 3.46. The number of nitrogens with zero attached hydrogens (tertiary/aromatic N) is 2. The minimum absolute atomic E-state index is 0.0485. The Balaban J connectivity index is 1.75. The Kier molecular flexibility index (Phi) is 7.03. The highest BCUT2D eigenvalue weighted by Crippen LogP contribution is 2.30. The second kappa shape index (κ2) is 9.89. The van der Waals surface area contributed by atoms with Crippen LogP contribution in [0.4, 0.5) is 11.4 Å². The van der Waals surface area contributed by atoms with Gasteiger partial charge in [-0.3, -0.25) is 15.1 Å². The van der Waals surface area contributed by atoms with Crippen LogP contribution in [-0.2, 0) is 6.61 Å². The minimum Gasteiger partial charge on any atom is -0.490 e. The average molecular weight is 425 g/mol. The number of benzene rings is 3. The van der Waals surface area contributed by atoms with Crippen LogP contribution in [0.15, 0.2) is 65.7 Å². The second-order valence-electron chi connectivity index (χ2n) is 6.49. The lowest BCUT2D eigenvalue weighted by molar-refractivity contribution is -0.384. The Hall–Kier alpha value is -3.38. The smallest absolute Gasteiger partial charge is 0.269 e. The van der Waals surface area contributed by atoms with Gasteiger partial charge in [-0.1, -0.05) is 17.7 Å². The fourth-order valence-corrected chi connectivity index (χ4v) is 2.92. The quantitative estimate of drug-likeness (QED) is 0.242.